The van der Waals surface area contributed by atoms with Gasteiger partial charge in [-0.1, -0.05) is 13.8 Å². The molecule has 1 fully saturated rings. The van der Waals surface area contributed by atoms with Gasteiger partial charge in [-0.25, -0.2) is 9.18 Å². The largest absolute Gasteiger partial charge is 0.492 e. The lowest BCUT2D eigenvalue weighted by atomic mass is 9.98. The van der Waals surface area contributed by atoms with Crippen LogP contribution in [0.25, 0.3) is 0 Å². The van der Waals surface area contributed by atoms with Gasteiger partial charge in [-0.2, -0.15) is 4.98 Å². The number of esters is 1. The van der Waals surface area contributed by atoms with E-state index < -0.39 is 5.97 Å². The van der Waals surface area contributed by atoms with Crippen LogP contribution in [-0.2, 0) is 4.74 Å². The van der Waals surface area contributed by atoms with Crippen LogP contribution in [0.3, 0.4) is 0 Å². The van der Waals surface area contributed by atoms with Crippen LogP contribution in [0.1, 0.15) is 42.7 Å². The van der Waals surface area contributed by atoms with Crippen molar-refractivity contribution < 1.29 is 24.0 Å². The molecule has 4 N–H and O–H groups in total. The molecule has 0 amide bonds. The standard InChI is InChI=1S/C23H29FN4O3/c1-14(2)21(25)20-19(31-13-15-8-10-26-11-9-15)12-18(23(29)30-3)28-22(20)27-17-6-4-16(24)5-7-17/h4-7,12,14-15,25-26H,8-11,13H2,1-3H3,(H,27,28)/p+1. The van der Waals surface area contributed by atoms with E-state index in [-0.39, 0.29) is 17.4 Å². The van der Waals surface area contributed by atoms with Gasteiger partial charge in [-0.15, -0.1) is 0 Å². The highest BCUT2D eigenvalue weighted by molar-refractivity contribution is 6.05. The maximum atomic E-state index is 13.3. The molecule has 7 nitrogen and oxygen atoms in total. The quantitative estimate of drug-likeness (QED) is 0.340. The fraction of sp³-hybridized carbons (Fsp3) is 0.435. The normalized spacial score (nSPS) is 14.5. The summed E-state index contributed by atoms with van der Waals surface area (Å²) in [5.74, 6) is 0.279. The van der Waals surface area contributed by atoms with Crippen LogP contribution < -0.4 is 15.4 Å². The first-order chi connectivity index (χ1) is 14.9. The summed E-state index contributed by atoms with van der Waals surface area (Å²) in [6, 6.07) is 7.53. The van der Waals surface area contributed by atoms with Crippen LogP contribution in [0.15, 0.2) is 30.3 Å². The predicted molar refractivity (Wildman–Crippen MR) is 116 cm³/mol. The summed E-state index contributed by atoms with van der Waals surface area (Å²) in [6.07, 6.45) is 2.03. The second-order valence-electron chi connectivity index (χ2n) is 8.03. The fourth-order valence-electron chi connectivity index (χ4n) is 3.50. The highest BCUT2D eigenvalue weighted by atomic mass is 19.1. The number of methoxy groups -OCH3 is 1. The van der Waals surface area contributed by atoms with Gasteiger partial charge >= 0.3 is 5.97 Å². The van der Waals surface area contributed by atoms with Gasteiger partial charge in [-0.05, 0) is 49.9 Å². The molecule has 166 valence electrons. The number of rotatable bonds is 8. The lowest BCUT2D eigenvalue weighted by Gasteiger charge is -2.24. The molecule has 0 atom stereocenters. The molecule has 0 bridgehead atoms. The number of piperidine rings is 1. The number of ether oxygens (including phenoxy) is 2. The number of carbonyl (C=O) groups excluding carboxylic acids is 1. The molecule has 3 rings (SSSR count). The van der Waals surface area contributed by atoms with Crippen molar-refractivity contribution in [3.05, 3.63) is 47.4 Å². The zero-order valence-corrected chi connectivity index (χ0v) is 18.2. The Hall–Kier alpha value is -2.84. The van der Waals surface area contributed by atoms with E-state index in [9.17, 15) is 9.18 Å². The van der Waals surface area contributed by atoms with Crippen molar-refractivity contribution in [2.45, 2.75) is 26.7 Å². The summed E-state index contributed by atoms with van der Waals surface area (Å²) >= 11 is 0. The number of pyridine rings is 1. The maximum absolute atomic E-state index is 13.3. The first kappa shape index (κ1) is 22.8. The lowest BCUT2D eigenvalue weighted by molar-refractivity contribution is -0.483. The molecule has 8 heteroatoms. The molecule has 1 saturated heterocycles. The Morgan fingerprint density at radius 1 is 1.29 bits per heavy atom. The lowest BCUT2D eigenvalue weighted by Crippen LogP contribution is -2.72. The van der Waals surface area contributed by atoms with E-state index in [1.54, 1.807) is 23.5 Å². The highest BCUT2D eigenvalue weighted by Gasteiger charge is 2.26. The molecular weight excluding hydrogens is 399 g/mol. The SMILES string of the molecule is COC(=O)c1cc(OCC2CCNCC2)c(C(=N)C(C)C)c([NH2+]c2ccc(F)cc2)n1. The smallest absolute Gasteiger partial charge is 0.357 e. The molecular formula is C23H30FN4O3+. The predicted octanol–water partition coefficient (Wildman–Crippen LogP) is 2.94. The van der Waals surface area contributed by atoms with Crippen molar-refractivity contribution >= 4 is 23.2 Å². The second kappa shape index (κ2) is 10.5. The Morgan fingerprint density at radius 3 is 2.58 bits per heavy atom. The van der Waals surface area contributed by atoms with E-state index in [4.69, 9.17) is 14.9 Å². The van der Waals surface area contributed by atoms with Gasteiger partial charge in [-0.3, -0.25) is 5.32 Å². The first-order valence-electron chi connectivity index (χ1n) is 10.5. The molecule has 0 spiro atoms. The van der Waals surface area contributed by atoms with Gasteiger partial charge in [0.1, 0.15) is 22.8 Å². The third-order valence-corrected chi connectivity index (χ3v) is 5.36. The van der Waals surface area contributed by atoms with Crippen LogP contribution in [-0.4, -0.2) is 43.5 Å². The van der Waals surface area contributed by atoms with Crippen LogP contribution in [0.2, 0.25) is 0 Å². The Labute approximate surface area is 181 Å². The Balaban J connectivity index is 2.02. The van der Waals surface area contributed by atoms with Crippen molar-refractivity contribution in [3.8, 4) is 5.75 Å². The van der Waals surface area contributed by atoms with Crippen molar-refractivity contribution in [2.75, 3.05) is 26.8 Å². The summed E-state index contributed by atoms with van der Waals surface area (Å²) < 4.78 is 24.4. The second-order valence-corrected chi connectivity index (χ2v) is 8.03. The minimum atomic E-state index is -0.580. The van der Waals surface area contributed by atoms with Crippen molar-refractivity contribution in [3.63, 3.8) is 0 Å². The zero-order chi connectivity index (χ0) is 22.4. The van der Waals surface area contributed by atoms with E-state index in [2.05, 4.69) is 10.3 Å². The molecule has 2 heterocycles. The molecule has 0 aliphatic carbocycles. The summed E-state index contributed by atoms with van der Waals surface area (Å²) in [4.78, 5) is 16.7. The summed E-state index contributed by atoms with van der Waals surface area (Å²) in [5, 5.41) is 13.8. The number of nitrogens with one attached hydrogen (secondary N) is 2. The molecule has 0 unspecified atom stereocenters. The molecule has 0 saturated carbocycles. The molecule has 0 radical (unpaired) electrons. The third-order valence-electron chi connectivity index (χ3n) is 5.36. The molecule has 1 aromatic heterocycles. The van der Waals surface area contributed by atoms with Crippen LogP contribution in [0.5, 0.6) is 5.75 Å². The number of carbonyl (C=O) groups is 1. The number of nitrogens with two attached hydrogens (primary N) is 1. The number of hydrogen-bond acceptors (Lipinski definition) is 6. The van der Waals surface area contributed by atoms with Gasteiger partial charge in [0.05, 0.1) is 19.4 Å². The van der Waals surface area contributed by atoms with Gasteiger partial charge in [0.2, 0.25) is 5.82 Å². The molecule has 1 aromatic carbocycles. The molecule has 31 heavy (non-hydrogen) atoms. The van der Waals surface area contributed by atoms with E-state index in [0.29, 0.717) is 41.1 Å². The Kier molecular flexibility index (Phi) is 7.70. The molecule has 1 aliphatic rings. The number of halogens is 1. The summed E-state index contributed by atoms with van der Waals surface area (Å²) in [7, 11) is 1.30. The number of nitrogens with zero attached hydrogens (tertiary/aromatic N) is 1. The van der Waals surface area contributed by atoms with Crippen molar-refractivity contribution in [1.82, 2.24) is 10.3 Å². The molecule has 2 aromatic rings. The van der Waals surface area contributed by atoms with E-state index in [0.717, 1.165) is 25.9 Å². The van der Waals surface area contributed by atoms with E-state index >= 15 is 0 Å². The van der Waals surface area contributed by atoms with Gasteiger partial charge in [0, 0.05) is 18.2 Å². The first-order valence-corrected chi connectivity index (χ1v) is 10.5. The number of hydrogen-bond donors (Lipinski definition) is 3. The van der Waals surface area contributed by atoms with E-state index in [1.165, 1.54) is 19.2 Å². The van der Waals surface area contributed by atoms with Crippen LogP contribution >= 0.6 is 0 Å². The van der Waals surface area contributed by atoms with Crippen molar-refractivity contribution in [2.24, 2.45) is 11.8 Å². The average molecular weight is 430 g/mol. The van der Waals surface area contributed by atoms with Crippen LogP contribution in [0, 0.1) is 23.1 Å². The average Bonchev–Trinajstić information content (AvgIpc) is 2.78. The number of benzene rings is 1. The number of quaternary nitrogens is 1. The third kappa shape index (κ3) is 5.86. The Bertz CT molecular complexity index is 925. The Morgan fingerprint density at radius 2 is 1.97 bits per heavy atom. The minimum absolute atomic E-state index is 0.0765. The molecule has 1 aliphatic heterocycles. The van der Waals surface area contributed by atoms with Gasteiger partial charge < -0.3 is 20.2 Å². The van der Waals surface area contributed by atoms with Gasteiger partial charge in [0.25, 0.3) is 0 Å². The zero-order valence-electron chi connectivity index (χ0n) is 18.2. The minimum Gasteiger partial charge on any atom is -0.492 e. The monoisotopic (exact) mass is 429 g/mol. The van der Waals surface area contributed by atoms with Crippen LogP contribution in [0.4, 0.5) is 15.9 Å². The summed E-state index contributed by atoms with van der Waals surface area (Å²) in [5.41, 5.74) is 1.72. The summed E-state index contributed by atoms with van der Waals surface area (Å²) in [6.45, 7) is 6.26. The highest BCUT2D eigenvalue weighted by Crippen LogP contribution is 2.29. The fourth-order valence-corrected chi connectivity index (χ4v) is 3.50. The van der Waals surface area contributed by atoms with E-state index in [1.807, 2.05) is 13.8 Å². The maximum Gasteiger partial charge on any atom is 0.357 e. The number of aromatic nitrogens is 1. The van der Waals surface area contributed by atoms with Crippen molar-refractivity contribution in [1.29, 1.82) is 5.41 Å². The topological polar surface area (TPSA) is 101 Å². The van der Waals surface area contributed by atoms with Gasteiger partial charge in [0.15, 0.2) is 5.69 Å².